The topological polar surface area (TPSA) is 95.7 Å². The van der Waals surface area contributed by atoms with Gasteiger partial charge in [-0.2, -0.15) is 15.1 Å². The molecule has 0 aliphatic carbocycles. The number of anilines is 2. The minimum Gasteiger partial charge on any atom is -0.368 e. The summed E-state index contributed by atoms with van der Waals surface area (Å²) in [5.74, 6) is 0.967. The minimum atomic E-state index is 0.242. The molecule has 4 N–H and O–H groups in total. The van der Waals surface area contributed by atoms with Gasteiger partial charge in [0, 0.05) is 19.1 Å². The maximum Gasteiger partial charge on any atom is 0.224 e. The molecule has 0 fully saturated rings. The Morgan fingerprint density at radius 3 is 2.94 bits per heavy atom. The van der Waals surface area contributed by atoms with Gasteiger partial charge >= 0.3 is 0 Å². The van der Waals surface area contributed by atoms with Crippen LogP contribution >= 0.6 is 0 Å². The first-order valence-electron chi connectivity index (χ1n) is 5.98. The van der Waals surface area contributed by atoms with Crippen molar-refractivity contribution >= 4 is 22.8 Å². The van der Waals surface area contributed by atoms with E-state index in [1.807, 2.05) is 0 Å². The Kier molecular flexibility index (Phi) is 3.61. The zero-order chi connectivity index (χ0) is 13.1. The van der Waals surface area contributed by atoms with Crippen LogP contribution in [0.15, 0.2) is 6.20 Å². The number of aromatic amines is 1. The summed E-state index contributed by atoms with van der Waals surface area (Å²) >= 11 is 0. The van der Waals surface area contributed by atoms with Gasteiger partial charge in [-0.1, -0.05) is 0 Å². The molecule has 18 heavy (non-hydrogen) atoms. The Bertz CT molecular complexity index is 519. The van der Waals surface area contributed by atoms with Crippen molar-refractivity contribution in [2.24, 2.45) is 0 Å². The minimum absolute atomic E-state index is 0.242. The molecular weight excluding hydrogens is 230 g/mol. The molecule has 2 aromatic rings. The van der Waals surface area contributed by atoms with Gasteiger partial charge in [-0.05, 0) is 20.9 Å². The number of H-pyrrole nitrogens is 1. The molecule has 0 radical (unpaired) electrons. The third-order valence-electron chi connectivity index (χ3n) is 2.97. The van der Waals surface area contributed by atoms with Crippen LogP contribution in [0.25, 0.3) is 11.0 Å². The zero-order valence-electron chi connectivity index (χ0n) is 10.9. The van der Waals surface area contributed by atoms with Crippen molar-refractivity contribution in [1.29, 1.82) is 0 Å². The Balaban J connectivity index is 2.05. The molecule has 98 valence electrons. The third kappa shape index (κ3) is 2.67. The lowest BCUT2D eigenvalue weighted by Crippen LogP contribution is -2.31. The number of aromatic nitrogens is 4. The number of hydrogen-bond donors (Lipinski definition) is 3. The third-order valence-corrected chi connectivity index (χ3v) is 2.97. The second kappa shape index (κ2) is 5.18. The van der Waals surface area contributed by atoms with Gasteiger partial charge in [0.25, 0.3) is 0 Å². The van der Waals surface area contributed by atoms with Gasteiger partial charge in [0.15, 0.2) is 5.65 Å². The lowest BCUT2D eigenvalue weighted by atomic mass is 10.3. The van der Waals surface area contributed by atoms with Crippen LogP contribution in [0, 0.1) is 0 Å². The van der Waals surface area contributed by atoms with Crippen LogP contribution < -0.4 is 11.1 Å². The first-order chi connectivity index (χ1) is 8.58. The average Bonchev–Trinajstić information content (AvgIpc) is 2.76. The van der Waals surface area contributed by atoms with Gasteiger partial charge in [0.05, 0.1) is 11.6 Å². The quantitative estimate of drug-likeness (QED) is 0.721. The van der Waals surface area contributed by atoms with Crippen molar-refractivity contribution in [3.63, 3.8) is 0 Å². The highest BCUT2D eigenvalue weighted by atomic mass is 15.2. The second-order valence-corrected chi connectivity index (χ2v) is 4.56. The van der Waals surface area contributed by atoms with E-state index in [2.05, 4.69) is 51.3 Å². The maximum absolute atomic E-state index is 5.64. The summed E-state index contributed by atoms with van der Waals surface area (Å²) in [6, 6.07) is 0.524. The fourth-order valence-electron chi connectivity index (χ4n) is 1.60. The van der Waals surface area contributed by atoms with Crippen molar-refractivity contribution < 1.29 is 0 Å². The SMILES string of the molecule is CC(C)N(C)CCNc1nc(N)nc2[nH]ncc12. The van der Waals surface area contributed by atoms with E-state index in [1.165, 1.54) is 0 Å². The number of hydrogen-bond acceptors (Lipinski definition) is 6. The average molecular weight is 249 g/mol. The van der Waals surface area contributed by atoms with E-state index in [-0.39, 0.29) is 5.95 Å². The number of rotatable bonds is 5. The summed E-state index contributed by atoms with van der Waals surface area (Å²) in [6.07, 6.45) is 1.70. The largest absolute Gasteiger partial charge is 0.368 e. The predicted molar refractivity (Wildman–Crippen MR) is 72.4 cm³/mol. The number of fused-ring (bicyclic) bond motifs is 1. The summed E-state index contributed by atoms with van der Waals surface area (Å²) in [5, 5.41) is 10.9. The fraction of sp³-hybridized carbons (Fsp3) is 0.545. The van der Waals surface area contributed by atoms with Crippen LogP contribution in [-0.4, -0.2) is 51.2 Å². The first kappa shape index (κ1) is 12.6. The molecule has 2 heterocycles. The molecule has 7 nitrogen and oxygen atoms in total. The summed E-state index contributed by atoms with van der Waals surface area (Å²) in [6.45, 7) is 6.06. The molecule has 0 saturated carbocycles. The summed E-state index contributed by atoms with van der Waals surface area (Å²) in [5.41, 5.74) is 6.30. The number of nitrogens with two attached hydrogens (primary N) is 1. The molecule has 0 atom stereocenters. The lowest BCUT2D eigenvalue weighted by molar-refractivity contribution is 0.284. The number of nitrogens with one attached hydrogen (secondary N) is 2. The molecule has 0 saturated heterocycles. The van der Waals surface area contributed by atoms with Gasteiger partial charge in [0.2, 0.25) is 5.95 Å². The summed E-state index contributed by atoms with van der Waals surface area (Å²) in [7, 11) is 2.09. The standard InChI is InChI=1S/C11H19N7/c1-7(2)18(3)5-4-13-9-8-6-14-17-10(8)16-11(12)15-9/h6-7H,4-5H2,1-3H3,(H4,12,13,14,15,16,17). The van der Waals surface area contributed by atoms with Crippen LogP contribution in [0.4, 0.5) is 11.8 Å². The number of nitrogen functional groups attached to an aromatic ring is 1. The number of likely N-dealkylation sites (N-methyl/N-ethyl adjacent to an activating group) is 1. The molecule has 0 bridgehead atoms. The Morgan fingerprint density at radius 2 is 2.22 bits per heavy atom. The van der Waals surface area contributed by atoms with Crippen molar-refractivity contribution in [3.05, 3.63) is 6.20 Å². The maximum atomic E-state index is 5.64. The normalized spacial score (nSPS) is 11.6. The lowest BCUT2D eigenvalue weighted by Gasteiger charge is -2.21. The van der Waals surface area contributed by atoms with Crippen molar-refractivity contribution in [3.8, 4) is 0 Å². The van der Waals surface area contributed by atoms with E-state index >= 15 is 0 Å². The monoisotopic (exact) mass is 249 g/mol. The molecule has 0 spiro atoms. The highest BCUT2D eigenvalue weighted by molar-refractivity contribution is 5.86. The van der Waals surface area contributed by atoms with E-state index in [0.717, 1.165) is 24.3 Å². The van der Waals surface area contributed by atoms with E-state index in [1.54, 1.807) is 6.20 Å². The molecular formula is C11H19N7. The van der Waals surface area contributed by atoms with Crippen molar-refractivity contribution in [2.75, 3.05) is 31.2 Å². The van der Waals surface area contributed by atoms with Gasteiger partial charge < -0.3 is 16.0 Å². The van der Waals surface area contributed by atoms with Gasteiger partial charge in [0.1, 0.15) is 5.82 Å². The smallest absolute Gasteiger partial charge is 0.224 e. The molecule has 2 rings (SSSR count). The Labute approximate surface area is 106 Å². The van der Waals surface area contributed by atoms with E-state index in [9.17, 15) is 0 Å². The van der Waals surface area contributed by atoms with Gasteiger partial charge in [-0.15, -0.1) is 0 Å². The summed E-state index contributed by atoms with van der Waals surface area (Å²) in [4.78, 5) is 10.5. The summed E-state index contributed by atoms with van der Waals surface area (Å²) < 4.78 is 0. The molecule has 7 heteroatoms. The first-order valence-corrected chi connectivity index (χ1v) is 5.98. The molecule has 2 aromatic heterocycles. The Hall–Kier alpha value is -1.89. The van der Waals surface area contributed by atoms with Gasteiger partial charge in [-0.25, -0.2) is 0 Å². The molecule has 0 aliphatic heterocycles. The van der Waals surface area contributed by atoms with Crippen LogP contribution in [-0.2, 0) is 0 Å². The molecule has 0 aliphatic rings. The van der Waals surface area contributed by atoms with Crippen molar-refractivity contribution in [1.82, 2.24) is 25.1 Å². The van der Waals surface area contributed by atoms with E-state index < -0.39 is 0 Å². The van der Waals surface area contributed by atoms with Crippen LogP contribution in [0.5, 0.6) is 0 Å². The number of nitrogens with zero attached hydrogens (tertiary/aromatic N) is 4. The highest BCUT2D eigenvalue weighted by Gasteiger charge is 2.08. The fourth-order valence-corrected chi connectivity index (χ4v) is 1.60. The molecule has 0 aromatic carbocycles. The van der Waals surface area contributed by atoms with E-state index in [4.69, 9.17) is 5.73 Å². The predicted octanol–water partition coefficient (Wildman–Crippen LogP) is 0.687. The van der Waals surface area contributed by atoms with Crippen LogP contribution in [0.2, 0.25) is 0 Å². The highest BCUT2D eigenvalue weighted by Crippen LogP contribution is 2.18. The van der Waals surface area contributed by atoms with Crippen LogP contribution in [0.3, 0.4) is 0 Å². The Morgan fingerprint density at radius 1 is 1.44 bits per heavy atom. The second-order valence-electron chi connectivity index (χ2n) is 4.56. The van der Waals surface area contributed by atoms with Crippen LogP contribution in [0.1, 0.15) is 13.8 Å². The van der Waals surface area contributed by atoms with Crippen molar-refractivity contribution in [2.45, 2.75) is 19.9 Å². The molecule has 0 amide bonds. The van der Waals surface area contributed by atoms with E-state index in [0.29, 0.717) is 11.7 Å². The van der Waals surface area contributed by atoms with Gasteiger partial charge in [-0.3, -0.25) is 5.10 Å². The zero-order valence-corrected chi connectivity index (χ0v) is 10.9. The molecule has 0 unspecified atom stereocenters.